The number of benzene rings is 2. The average molecular weight is 458 g/mol. The van der Waals surface area contributed by atoms with Gasteiger partial charge in [0.2, 0.25) is 0 Å². The summed E-state index contributed by atoms with van der Waals surface area (Å²) in [4.78, 5) is 20.4. The molecule has 3 aromatic rings. The summed E-state index contributed by atoms with van der Waals surface area (Å²) in [7, 11) is 3.35. The molecule has 1 aliphatic rings. The number of ether oxygens (including phenoxy) is 2. The molecule has 29 heavy (non-hydrogen) atoms. The Balaban J connectivity index is 1.40. The Morgan fingerprint density at radius 1 is 1.03 bits per heavy atom. The molecule has 0 radical (unpaired) electrons. The van der Waals surface area contributed by atoms with E-state index in [1.165, 1.54) is 0 Å². The summed E-state index contributed by atoms with van der Waals surface area (Å²) in [6, 6.07) is 13.8. The van der Waals surface area contributed by atoms with Crippen LogP contribution in [0.1, 0.15) is 16.1 Å². The second kappa shape index (κ2) is 8.47. The lowest BCUT2D eigenvalue weighted by molar-refractivity contribution is 0.0622. The van der Waals surface area contributed by atoms with Gasteiger partial charge in [-0.3, -0.25) is 9.69 Å². The van der Waals surface area contributed by atoms with Crippen molar-refractivity contribution in [2.75, 3.05) is 40.4 Å². The Hall–Kier alpha value is -2.51. The molecule has 0 saturated carbocycles. The van der Waals surface area contributed by atoms with Gasteiger partial charge in [0.05, 0.1) is 14.2 Å². The van der Waals surface area contributed by atoms with E-state index in [1.54, 1.807) is 14.2 Å². The summed E-state index contributed by atoms with van der Waals surface area (Å²) >= 11 is 3.47. The maximum absolute atomic E-state index is 12.9. The van der Waals surface area contributed by atoms with Gasteiger partial charge in [0.15, 0.2) is 0 Å². The predicted molar refractivity (Wildman–Crippen MR) is 117 cm³/mol. The van der Waals surface area contributed by atoms with E-state index >= 15 is 0 Å². The Kier molecular flexibility index (Phi) is 5.78. The van der Waals surface area contributed by atoms with Gasteiger partial charge < -0.3 is 19.4 Å². The molecule has 152 valence electrons. The van der Waals surface area contributed by atoms with Gasteiger partial charge in [0.1, 0.15) is 17.2 Å². The number of piperazine rings is 1. The lowest BCUT2D eigenvalue weighted by Gasteiger charge is -2.34. The first-order valence-electron chi connectivity index (χ1n) is 9.58. The standard InChI is InChI=1S/C22H24BrN3O3/c1-28-18-5-6-21(29-2)16(11-18)14-25-7-9-26(10-8-25)22(27)20-12-15-3-4-17(23)13-19(15)24-20/h3-6,11-13,24H,7-10,14H2,1-2H3. The monoisotopic (exact) mass is 457 g/mol. The van der Waals surface area contributed by atoms with Crippen LogP contribution in [0, 0.1) is 0 Å². The number of nitrogens with zero attached hydrogens (tertiary/aromatic N) is 2. The third-order valence-electron chi connectivity index (χ3n) is 5.36. The minimum atomic E-state index is 0.0518. The van der Waals surface area contributed by atoms with Gasteiger partial charge >= 0.3 is 0 Å². The second-order valence-electron chi connectivity index (χ2n) is 7.16. The van der Waals surface area contributed by atoms with Gasteiger partial charge in [-0.25, -0.2) is 0 Å². The molecular formula is C22H24BrN3O3. The van der Waals surface area contributed by atoms with E-state index in [1.807, 2.05) is 47.4 Å². The van der Waals surface area contributed by atoms with Crippen LogP contribution in [0.3, 0.4) is 0 Å². The fraction of sp³-hybridized carbons (Fsp3) is 0.318. The molecule has 1 N–H and O–H groups in total. The molecule has 0 aliphatic carbocycles. The van der Waals surface area contributed by atoms with Crippen LogP contribution < -0.4 is 9.47 Å². The lowest BCUT2D eigenvalue weighted by Crippen LogP contribution is -2.48. The molecule has 1 saturated heterocycles. The molecular weight excluding hydrogens is 434 g/mol. The van der Waals surface area contributed by atoms with Crippen LogP contribution in [0.2, 0.25) is 0 Å². The van der Waals surface area contributed by atoms with Crippen molar-refractivity contribution < 1.29 is 14.3 Å². The predicted octanol–water partition coefficient (Wildman–Crippen LogP) is 3.91. The van der Waals surface area contributed by atoms with Gasteiger partial charge in [-0.05, 0) is 36.4 Å². The van der Waals surface area contributed by atoms with Gasteiger partial charge in [0.25, 0.3) is 5.91 Å². The van der Waals surface area contributed by atoms with E-state index in [9.17, 15) is 4.79 Å². The summed E-state index contributed by atoms with van der Waals surface area (Å²) in [5, 5.41) is 1.04. The van der Waals surface area contributed by atoms with Crippen molar-refractivity contribution in [2.24, 2.45) is 0 Å². The van der Waals surface area contributed by atoms with Crippen LogP contribution in [0.15, 0.2) is 46.9 Å². The first kappa shape index (κ1) is 19.8. The van der Waals surface area contributed by atoms with Crippen LogP contribution in [-0.2, 0) is 6.54 Å². The molecule has 0 atom stereocenters. The maximum Gasteiger partial charge on any atom is 0.270 e. The number of aromatic amines is 1. The highest BCUT2D eigenvalue weighted by Crippen LogP contribution is 2.26. The van der Waals surface area contributed by atoms with Gasteiger partial charge in [-0.1, -0.05) is 22.0 Å². The molecule has 4 rings (SSSR count). The highest BCUT2D eigenvalue weighted by Gasteiger charge is 2.24. The number of hydrogen-bond acceptors (Lipinski definition) is 4. The third-order valence-corrected chi connectivity index (χ3v) is 5.85. The Labute approximate surface area is 178 Å². The number of carbonyl (C=O) groups excluding carboxylic acids is 1. The molecule has 1 aliphatic heterocycles. The number of carbonyl (C=O) groups is 1. The highest BCUT2D eigenvalue weighted by molar-refractivity contribution is 9.10. The zero-order valence-corrected chi connectivity index (χ0v) is 18.2. The van der Waals surface area contributed by atoms with Crippen molar-refractivity contribution in [3.8, 4) is 11.5 Å². The van der Waals surface area contributed by atoms with Crippen LogP contribution in [0.4, 0.5) is 0 Å². The number of fused-ring (bicyclic) bond motifs is 1. The number of halogens is 1. The van der Waals surface area contributed by atoms with Crippen LogP contribution in [-0.4, -0.2) is 61.1 Å². The van der Waals surface area contributed by atoms with Crippen LogP contribution in [0.25, 0.3) is 10.9 Å². The molecule has 6 nitrogen and oxygen atoms in total. The number of methoxy groups -OCH3 is 2. The largest absolute Gasteiger partial charge is 0.497 e. The van der Waals surface area contributed by atoms with Crippen molar-refractivity contribution in [1.29, 1.82) is 0 Å². The molecule has 0 spiro atoms. The Bertz CT molecular complexity index is 1030. The summed E-state index contributed by atoms with van der Waals surface area (Å²) in [5.74, 6) is 1.73. The topological polar surface area (TPSA) is 57.8 Å². The van der Waals surface area contributed by atoms with Crippen LogP contribution >= 0.6 is 15.9 Å². The van der Waals surface area contributed by atoms with E-state index in [0.717, 1.165) is 52.1 Å². The fourth-order valence-corrected chi connectivity index (χ4v) is 4.10. The first-order valence-corrected chi connectivity index (χ1v) is 10.4. The molecule has 0 bridgehead atoms. The summed E-state index contributed by atoms with van der Waals surface area (Å²) < 4.78 is 11.8. The zero-order valence-electron chi connectivity index (χ0n) is 16.6. The highest BCUT2D eigenvalue weighted by atomic mass is 79.9. The van der Waals surface area contributed by atoms with Gasteiger partial charge in [0, 0.05) is 53.7 Å². The lowest BCUT2D eigenvalue weighted by atomic mass is 10.1. The number of aromatic nitrogens is 1. The van der Waals surface area contributed by atoms with E-state index < -0.39 is 0 Å². The minimum Gasteiger partial charge on any atom is -0.497 e. The number of H-pyrrole nitrogens is 1. The quantitative estimate of drug-likeness (QED) is 0.630. The molecule has 0 unspecified atom stereocenters. The van der Waals surface area contributed by atoms with Crippen LogP contribution in [0.5, 0.6) is 11.5 Å². The van der Waals surface area contributed by atoms with Gasteiger partial charge in [-0.15, -0.1) is 0 Å². The van der Waals surface area contributed by atoms with Crippen molar-refractivity contribution in [1.82, 2.24) is 14.8 Å². The van der Waals surface area contributed by atoms with Crippen molar-refractivity contribution >= 4 is 32.7 Å². The zero-order chi connectivity index (χ0) is 20.4. The first-order chi connectivity index (χ1) is 14.1. The average Bonchev–Trinajstić information content (AvgIpc) is 3.17. The minimum absolute atomic E-state index is 0.0518. The number of rotatable bonds is 5. The SMILES string of the molecule is COc1ccc(OC)c(CN2CCN(C(=O)c3cc4ccc(Br)cc4[nH]3)CC2)c1. The van der Waals surface area contributed by atoms with E-state index in [-0.39, 0.29) is 5.91 Å². The summed E-state index contributed by atoms with van der Waals surface area (Å²) in [6.07, 6.45) is 0. The fourth-order valence-electron chi connectivity index (χ4n) is 3.74. The maximum atomic E-state index is 12.9. The van der Waals surface area contributed by atoms with Gasteiger partial charge in [-0.2, -0.15) is 0 Å². The summed E-state index contributed by atoms with van der Waals surface area (Å²) in [5.41, 5.74) is 2.69. The van der Waals surface area contributed by atoms with Crippen molar-refractivity contribution in [3.63, 3.8) is 0 Å². The normalized spacial score (nSPS) is 14.9. The third kappa shape index (κ3) is 4.26. The molecule has 2 aromatic carbocycles. The molecule has 1 aromatic heterocycles. The van der Waals surface area contributed by atoms with Crippen molar-refractivity contribution in [2.45, 2.75) is 6.54 Å². The molecule has 1 fully saturated rings. The number of hydrogen-bond donors (Lipinski definition) is 1. The van der Waals surface area contributed by atoms with Crippen molar-refractivity contribution in [3.05, 3.63) is 58.2 Å². The van der Waals surface area contributed by atoms with E-state index in [0.29, 0.717) is 18.8 Å². The Morgan fingerprint density at radius 3 is 2.55 bits per heavy atom. The second-order valence-corrected chi connectivity index (χ2v) is 8.08. The number of amides is 1. The van der Waals surface area contributed by atoms with E-state index in [4.69, 9.17) is 9.47 Å². The molecule has 1 amide bonds. The van der Waals surface area contributed by atoms with E-state index in [2.05, 4.69) is 25.8 Å². The summed E-state index contributed by atoms with van der Waals surface area (Å²) in [6.45, 7) is 3.80. The molecule has 7 heteroatoms. The Morgan fingerprint density at radius 2 is 1.83 bits per heavy atom. The molecule has 2 heterocycles. The number of nitrogens with one attached hydrogen (secondary N) is 1. The smallest absolute Gasteiger partial charge is 0.270 e.